The number of nitrogens with two attached hydrogens (primary N) is 1. The molecule has 5 N–H and O–H groups in total. The van der Waals surface area contributed by atoms with Crippen molar-refractivity contribution in [2.75, 3.05) is 26.4 Å². The molecule has 0 aliphatic rings. The fraction of sp³-hybridized carbons (Fsp3) is 0.690. The molecule has 0 heterocycles. The summed E-state index contributed by atoms with van der Waals surface area (Å²) in [5.41, 5.74) is 5.83. The van der Waals surface area contributed by atoms with Gasteiger partial charge in [-0.15, -0.1) is 0 Å². The molecule has 1 unspecified atom stereocenters. The molecular formula is C29H43NO21. The standard InChI is InChI=1S/C29H43NO21/c1-12(31)43-10-20(38)24(48-15(4)34)26(50-17(6)36)27(51-18(7)37)29(42)46-9-19(30)8-45-28(41)23(40)25(49-16(5)35)22(39)21(47-14(3)33)11-44-13(2)32/h19-27,38-40H,8-11,30H2,1-7H3/t19?,20-,21-,22-,23-,24-,25+,26+,27-/m1/s1. The van der Waals surface area contributed by atoms with Gasteiger partial charge in [-0.3, -0.25) is 33.6 Å². The molecule has 0 rings (SSSR count). The molecule has 0 aliphatic carbocycles. The van der Waals surface area contributed by atoms with Crippen LogP contribution in [0.1, 0.15) is 48.5 Å². The van der Waals surface area contributed by atoms with Crippen LogP contribution in [-0.2, 0) is 85.8 Å². The largest absolute Gasteiger partial charge is 0.463 e. The monoisotopic (exact) mass is 741 g/mol. The Morgan fingerprint density at radius 3 is 1.33 bits per heavy atom. The quantitative estimate of drug-likeness (QED) is 0.0649. The Labute approximate surface area is 290 Å². The van der Waals surface area contributed by atoms with E-state index in [1.165, 1.54) is 0 Å². The normalized spacial score (nSPS) is 16.1. The van der Waals surface area contributed by atoms with E-state index in [-0.39, 0.29) is 0 Å². The van der Waals surface area contributed by atoms with Crippen molar-refractivity contribution in [2.45, 2.75) is 103 Å². The van der Waals surface area contributed by atoms with Crippen molar-refractivity contribution in [1.29, 1.82) is 0 Å². The molecule has 9 atom stereocenters. The summed E-state index contributed by atoms with van der Waals surface area (Å²) in [4.78, 5) is 107. The number of hydrogen-bond acceptors (Lipinski definition) is 22. The van der Waals surface area contributed by atoms with E-state index >= 15 is 0 Å². The first-order valence-corrected chi connectivity index (χ1v) is 14.8. The van der Waals surface area contributed by atoms with Crippen molar-refractivity contribution in [3.63, 3.8) is 0 Å². The summed E-state index contributed by atoms with van der Waals surface area (Å²) in [5, 5.41) is 31.8. The Morgan fingerprint density at radius 1 is 0.471 bits per heavy atom. The molecule has 0 aromatic rings. The molecule has 0 bridgehead atoms. The topological polar surface area (TPSA) is 323 Å². The van der Waals surface area contributed by atoms with Crippen LogP contribution < -0.4 is 5.73 Å². The van der Waals surface area contributed by atoms with Gasteiger partial charge in [0.25, 0.3) is 0 Å². The van der Waals surface area contributed by atoms with Crippen molar-refractivity contribution in [1.82, 2.24) is 0 Å². The zero-order chi connectivity index (χ0) is 39.6. The predicted octanol–water partition coefficient (Wildman–Crippen LogP) is -3.73. The minimum Gasteiger partial charge on any atom is -0.463 e. The highest BCUT2D eigenvalue weighted by atomic mass is 16.6. The van der Waals surface area contributed by atoms with Crippen LogP contribution in [0.5, 0.6) is 0 Å². The van der Waals surface area contributed by atoms with Gasteiger partial charge in [0.05, 0.1) is 6.04 Å². The summed E-state index contributed by atoms with van der Waals surface area (Å²) >= 11 is 0. The number of carbonyl (C=O) groups excluding carboxylic acids is 9. The van der Waals surface area contributed by atoms with Crippen LogP contribution in [-0.4, -0.2) is 150 Å². The average molecular weight is 742 g/mol. The number of carbonyl (C=O) groups is 9. The number of hydrogen-bond donors (Lipinski definition) is 4. The van der Waals surface area contributed by atoms with E-state index < -0.39 is 135 Å². The van der Waals surface area contributed by atoms with Crippen LogP contribution in [0.2, 0.25) is 0 Å². The molecule has 0 saturated carbocycles. The van der Waals surface area contributed by atoms with Crippen LogP contribution in [0, 0.1) is 0 Å². The summed E-state index contributed by atoms with van der Waals surface area (Å²) in [6, 6.07) is -1.40. The van der Waals surface area contributed by atoms with Gasteiger partial charge in [-0.1, -0.05) is 0 Å². The third kappa shape index (κ3) is 18.6. The van der Waals surface area contributed by atoms with Gasteiger partial charge in [-0.2, -0.15) is 0 Å². The Bertz CT molecular complexity index is 1250. The summed E-state index contributed by atoms with van der Waals surface area (Å²) in [5.74, 6) is -10.1. The van der Waals surface area contributed by atoms with Gasteiger partial charge >= 0.3 is 53.7 Å². The fourth-order valence-corrected chi connectivity index (χ4v) is 3.84. The molecule has 0 amide bonds. The maximum atomic E-state index is 13.1. The van der Waals surface area contributed by atoms with Crippen LogP contribution in [0.4, 0.5) is 0 Å². The van der Waals surface area contributed by atoms with Gasteiger partial charge in [-0.05, 0) is 0 Å². The van der Waals surface area contributed by atoms with Gasteiger partial charge in [-0.25, -0.2) is 9.59 Å². The summed E-state index contributed by atoms with van der Waals surface area (Å²) < 4.78 is 43.9. The average Bonchev–Trinajstić information content (AvgIpc) is 3.01. The van der Waals surface area contributed by atoms with Crippen molar-refractivity contribution >= 4 is 53.7 Å². The second-order valence-corrected chi connectivity index (χ2v) is 10.5. The predicted molar refractivity (Wildman–Crippen MR) is 159 cm³/mol. The van der Waals surface area contributed by atoms with Gasteiger partial charge in [0.15, 0.2) is 30.5 Å². The van der Waals surface area contributed by atoms with E-state index in [0.29, 0.717) is 0 Å². The second-order valence-electron chi connectivity index (χ2n) is 10.5. The number of aliphatic hydroxyl groups excluding tert-OH is 3. The van der Waals surface area contributed by atoms with E-state index in [1.54, 1.807) is 0 Å². The smallest absolute Gasteiger partial charge is 0.351 e. The number of esters is 9. The molecule has 290 valence electrons. The van der Waals surface area contributed by atoms with Gasteiger partial charge in [0.1, 0.15) is 38.6 Å². The van der Waals surface area contributed by atoms with E-state index in [1.807, 2.05) is 0 Å². The second kappa shape index (κ2) is 22.7. The van der Waals surface area contributed by atoms with E-state index in [2.05, 4.69) is 4.74 Å². The molecule has 0 aliphatic heterocycles. The van der Waals surface area contributed by atoms with E-state index in [9.17, 15) is 58.5 Å². The highest BCUT2D eigenvalue weighted by Gasteiger charge is 2.46. The molecule has 0 fully saturated rings. The zero-order valence-electron chi connectivity index (χ0n) is 28.8. The summed E-state index contributed by atoms with van der Waals surface area (Å²) in [6.45, 7) is 3.17. The van der Waals surface area contributed by atoms with Crippen molar-refractivity contribution in [3.05, 3.63) is 0 Å². The molecule has 0 spiro atoms. The highest BCUT2D eigenvalue weighted by Crippen LogP contribution is 2.20. The molecular weight excluding hydrogens is 698 g/mol. The SMILES string of the molecule is CC(=O)OC[C@@H](O)[C@@H](OC(C)=O)[C@H](OC(C)=O)[C@@H](OC(C)=O)C(=O)OCC(N)COC(=O)[C@H](O)[C@@H](OC(C)=O)[C@H](O)[C@@H](COC(C)=O)OC(C)=O. The van der Waals surface area contributed by atoms with Crippen molar-refractivity contribution < 1.29 is 101 Å². The van der Waals surface area contributed by atoms with E-state index in [0.717, 1.165) is 48.5 Å². The molecule has 0 aromatic carbocycles. The molecule has 22 heteroatoms. The number of rotatable bonds is 21. The van der Waals surface area contributed by atoms with Gasteiger partial charge in [0.2, 0.25) is 6.10 Å². The lowest BCUT2D eigenvalue weighted by atomic mass is 10.0. The molecule has 22 nitrogen and oxygen atoms in total. The fourth-order valence-electron chi connectivity index (χ4n) is 3.84. The minimum absolute atomic E-state index is 0.759. The van der Waals surface area contributed by atoms with E-state index in [4.69, 9.17) is 43.6 Å². The molecule has 0 radical (unpaired) electrons. The van der Waals surface area contributed by atoms with Crippen LogP contribution in [0.25, 0.3) is 0 Å². The third-order valence-electron chi connectivity index (χ3n) is 5.81. The maximum Gasteiger partial charge on any atom is 0.351 e. The molecule has 51 heavy (non-hydrogen) atoms. The van der Waals surface area contributed by atoms with Gasteiger partial charge in [0, 0.05) is 48.5 Å². The summed E-state index contributed by atoms with van der Waals surface area (Å²) in [7, 11) is 0. The summed E-state index contributed by atoms with van der Waals surface area (Å²) in [6.07, 6.45) is -16.6. The Hall–Kier alpha value is -4.93. The Balaban J connectivity index is 5.91. The van der Waals surface area contributed by atoms with Crippen LogP contribution >= 0.6 is 0 Å². The zero-order valence-corrected chi connectivity index (χ0v) is 28.8. The third-order valence-corrected chi connectivity index (χ3v) is 5.81. The maximum absolute atomic E-state index is 13.1. The first kappa shape index (κ1) is 46.1. The Kier molecular flexibility index (Phi) is 20.5. The van der Waals surface area contributed by atoms with Crippen LogP contribution in [0.3, 0.4) is 0 Å². The highest BCUT2D eigenvalue weighted by molar-refractivity contribution is 5.80. The van der Waals surface area contributed by atoms with Gasteiger partial charge < -0.3 is 63.7 Å². The van der Waals surface area contributed by atoms with Crippen molar-refractivity contribution in [2.24, 2.45) is 5.73 Å². The molecule has 0 aromatic heterocycles. The Morgan fingerprint density at radius 2 is 0.882 bits per heavy atom. The minimum atomic E-state index is -2.44. The van der Waals surface area contributed by atoms with Crippen molar-refractivity contribution in [3.8, 4) is 0 Å². The first-order valence-electron chi connectivity index (χ1n) is 14.8. The lowest BCUT2D eigenvalue weighted by Crippen LogP contribution is -2.55. The number of ether oxygens (including phenoxy) is 9. The lowest BCUT2D eigenvalue weighted by Gasteiger charge is -2.33. The van der Waals surface area contributed by atoms with Crippen LogP contribution in [0.15, 0.2) is 0 Å². The first-order chi connectivity index (χ1) is 23.6. The lowest BCUT2D eigenvalue weighted by molar-refractivity contribution is -0.204. The molecule has 0 saturated heterocycles. The number of aliphatic hydroxyl groups is 3.